The molecule has 5 heteroatoms. The lowest BCUT2D eigenvalue weighted by Gasteiger charge is -2.27. The average Bonchev–Trinajstić information content (AvgIpc) is 2.81. The zero-order valence-electron chi connectivity index (χ0n) is 11.9. The van der Waals surface area contributed by atoms with Gasteiger partial charge in [-0.2, -0.15) is 9.57 Å². The van der Waals surface area contributed by atoms with Crippen molar-refractivity contribution in [2.24, 2.45) is 0 Å². The molecule has 1 aromatic rings. The zero-order valence-corrected chi connectivity index (χ0v) is 12.7. The van der Waals surface area contributed by atoms with Crippen molar-refractivity contribution >= 4 is 10.0 Å². The zero-order chi connectivity index (χ0) is 14.8. The van der Waals surface area contributed by atoms with Gasteiger partial charge in [0.05, 0.1) is 17.4 Å². The predicted molar refractivity (Wildman–Crippen MR) is 78.4 cm³/mol. The van der Waals surface area contributed by atoms with E-state index in [0.29, 0.717) is 5.56 Å². The van der Waals surface area contributed by atoms with Gasteiger partial charge in [0.15, 0.2) is 0 Å². The van der Waals surface area contributed by atoms with Crippen molar-refractivity contribution in [1.29, 1.82) is 5.26 Å². The van der Waals surface area contributed by atoms with E-state index in [1.54, 1.807) is 28.6 Å². The second kappa shape index (κ2) is 5.94. The summed E-state index contributed by atoms with van der Waals surface area (Å²) in [5.74, 6) is 0.0134. The summed E-state index contributed by atoms with van der Waals surface area (Å²) in [5.41, 5.74) is 1.28. The fraction of sp³-hybridized carbons (Fsp3) is 0.533. The normalized spacial score (nSPS) is 23.6. The van der Waals surface area contributed by atoms with E-state index in [-0.39, 0.29) is 17.8 Å². The van der Waals surface area contributed by atoms with Crippen LogP contribution in [0.4, 0.5) is 0 Å². The maximum absolute atomic E-state index is 12.6. The third-order valence-electron chi connectivity index (χ3n) is 3.94. The lowest BCUT2D eigenvalue weighted by Crippen LogP contribution is -2.40. The Kier molecular flexibility index (Phi) is 4.46. The Labute approximate surface area is 121 Å². The molecule has 1 saturated heterocycles. The second-order valence-electron chi connectivity index (χ2n) is 5.38. The van der Waals surface area contributed by atoms with Crippen molar-refractivity contribution in [3.8, 4) is 6.07 Å². The number of benzene rings is 1. The molecule has 0 amide bonds. The van der Waals surface area contributed by atoms with Crippen LogP contribution in [-0.2, 0) is 15.8 Å². The molecule has 0 N–H and O–H groups in total. The molecule has 0 aromatic heterocycles. The van der Waals surface area contributed by atoms with Crippen molar-refractivity contribution < 1.29 is 8.42 Å². The van der Waals surface area contributed by atoms with Crippen LogP contribution >= 0.6 is 0 Å². The molecule has 2 unspecified atom stereocenters. The molecule has 2 atom stereocenters. The Morgan fingerprint density at radius 2 is 1.95 bits per heavy atom. The molecule has 4 nitrogen and oxygen atoms in total. The molecule has 20 heavy (non-hydrogen) atoms. The van der Waals surface area contributed by atoms with Crippen molar-refractivity contribution in [1.82, 2.24) is 4.31 Å². The van der Waals surface area contributed by atoms with E-state index < -0.39 is 10.0 Å². The first kappa shape index (κ1) is 15.0. The van der Waals surface area contributed by atoms with E-state index in [4.69, 9.17) is 5.26 Å². The minimum Gasteiger partial charge on any atom is -0.212 e. The highest BCUT2D eigenvalue weighted by Gasteiger charge is 2.37. The van der Waals surface area contributed by atoms with Gasteiger partial charge in [-0.15, -0.1) is 0 Å². The van der Waals surface area contributed by atoms with Gasteiger partial charge in [-0.1, -0.05) is 19.1 Å². The van der Waals surface area contributed by atoms with Crippen LogP contribution in [0.1, 0.15) is 44.2 Å². The molecule has 1 aliphatic heterocycles. The summed E-state index contributed by atoms with van der Waals surface area (Å²) < 4.78 is 26.9. The lowest BCUT2D eigenvalue weighted by atomic mass is 10.2. The van der Waals surface area contributed by atoms with E-state index in [2.05, 4.69) is 0 Å². The summed E-state index contributed by atoms with van der Waals surface area (Å²) in [6.45, 7) is 4.01. The van der Waals surface area contributed by atoms with E-state index in [0.717, 1.165) is 24.8 Å². The summed E-state index contributed by atoms with van der Waals surface area (Å²) in [4.78, 5) is 0. The number of hydrogen-bond donors (Lipinski definition) is 0. The molecule has 0 bridgehead atoms. The maximum Gasteiger partial charge on any atom is 0.218 e. The molecular formula is C15H20N2O2S. The van der Waals surface area contributed by atoms with E-state index in [1.807, 2.05) is 19.9 Å². The molecular weight excluding hydrogens is 272 g/mol. The summed E-state index contributed by atoms with van der Waals surface area (Å²) >= 11 is 0. The van der Waals surface area contributed by atoms with Gasteiger partial charge < -0.3 is 0 Å². The van der Waals surface area contributed by atoms with E-state index >= 15 is 0 Å². The quantitative estimate of drug-likeness (QED) is 0.857. The average molecular weight is 292 g/mol. The van der Waals surface area contributed by atoms with Gasteiger partial charge in [-0.3, -0.25) is 0 Å². The molecule has 0 radical (unpaired) electrons. The van der Waals surface area contributed by atoms with E-state index in [9.17, 15) is 8.42 Å². The smallest absolute Gasteiger partial charge is 0.212 e. The number of nitrogens with zero attached hydrogens (tertiary/aromatic N) is 2. The Morgan fingerprint density at radius 3 is 2.50 bits per heavy atom. The number of nitriles is 1. The topological polar surface area (TPSA) is 61.2 Å². The summed E-state index contributed by atoms with van der Waals surface area (Å²) in [5, 5.41) is 8.76. The Morgan fingerprint density at radius 1 is 1.30 bits per heavy atom. The molecule has 108 valence electrons. The van der Waals surface area contributed by atoms with Gasteiger partial charge in [0.1, 0.15) is 0 Å². The first-order valence-corrected chi connectivity index (χ1v) is 8.59. The molecule has 0 aliphatic carbocycles. The first-order valence-electron chi connectivity index (χ1n) is 6.98. The van der Waals surface area contributed by atoms with Crippen LogP contribution in [0, 0.1) is 11.3 Å². The minimum absolute atomic E-state index is 0.0134. The highest BCUT2D eigenvalue weighted by atomic mass is 32.2. The molecule has 1 fully saturated rings. The third kappa shape index (κ3) is 3.02. The largest absolute Gasteiger partial charge is 0.218 e. The van der Waals surface area contributed by atoms with Crippen molar-refractivity contribution in [3.05, 3.63) is 35.4 Å². The number of hydrogen-bond acceptors (Lipinski definition) is 3. The predicted octanol–water partition coefficient (Wildman–Crippen LogP) is 2.65. The van der Waals surface area contributed by atoms with Gasteiger partial charge in [0, 0.05) is 12.1 Å². The summed E-state index contributed by atoms with van der Waals surface area (Å²) in [6, 6.07) is 9.02. The first-order chi connectivity index (χ1) is 9.47. The molecule has 1 aromatic carbocycles. The highest BCUT2D eigenvalue weighted by Crippen LogP contribution is 2.30. The van der Waals surface area contributed by atoms with Gasteiger partial charge in [-0.25, -0.2) is 8.42 Å². The van der Waals surface area contributed by atoms with Crippen LogP contribution in [-0.4, -0.2) is 24.8 Å². The summed E-state index contributed by atoms with van der Waals surface area (Å²) in [7, 11) is -3.29. The Hall–Kier alpha value is -1.38. The van der Waals surface area contributed by atoms with Gasteiger partial charge in [-0.05, 0) is 43.9 Å². The molecule has 1 aliphatic rings. The highest BCUT2D eigenvalue weighted by molar-refractivity contribution is 7.88. The Balaban J connectivity index is 2.20. The molecule has 0 spiro atoms. The van der Waals surface area contributed by atoms with Crippen LogP contribution in [0.2, 0.25) is 0 Å². The van der Waals surface area contributed by atoms with Crippen LogP contribution in [0.3, 0.4) is 0 Å². The van der Waals surface area contributed by atoms with Crippen molar-refractivity contribution in [2.75, 3.05) is 0 Å². The SMILES string of the molecule is CCC1CCC(C)N1S(=O)(=O)Cc1ccc(C#N)cc1. The third-order valence-corrected chi connectivity index (χ3v) is 5.94. The fourth-order valence-corrected chi connectivity index (χ4v) is 5.02. The van der Waals surface area contributed by atoms with Gasteiger partial charge in [0.25, 0.3) is 0 Å². The second-order valence-corrected chi connectivity index (χ2v) is 7.26. The standard InChI is InChI=1S/C15H20N2O2S/c1-3-15-9-4-12(2)17(15)20(18,19)11-14-7-5-13(10-16)6-8-14/h5-8,12,15H,3-4,9,11H2,1-2H3. The van der Waals surface area contributed by atoms with Crippen LogP contribution in [0.15, 0.2) is 24.3 Å². The minimum atomic E-state index is -3.29. The van der Waals surface area contributed by atoms with Crippen LogP contribution < -0.4 is 0 Å². The molecule has 0 saturated carbocycles. The van der Waals surface area contributed by atoms with Gasteiger partial charge in [0.2, 0.25) is 10.0 Å². The number of rotatable bonds is 4. The Bertz CT molecular complexity index is 602. The molecule has 2 rings (SSSR count). The van der Waals surface area contributed by atoms with Gasteiger partial charge >= 0.3 is 0 Å². The van der Waals surface area contributed by atoms with E-state index in [1.165, 1.54) is 0 Å². The summed E-state index contributed by atoms with van der Waals surface area (Å²) in [6.07, 6.45) is 2.74. The fourth-order valence-electron chi connectivity index (χ4n) is 2.89. The number of sulfonamides is 1. The molecule has 1 heterocycles. The maximum atomic E-state index is 12.6. The lowest BCUT2D eigenvalue weighted by molar-refractivity contribution is 0.328. The van der Waals surface area contributed by atoms with Crippen molar-refractivity contribution in [2.45, 2.75) is 50.9 Å². The van der Waals surface area contributed by atoms with Crippen LogP contribution in [0.5, 0.6) is 0 Å². The van der Waals surface area contributed by atoms with Crippen molar-refractivity contribution in [3.63, 3.8) is 0 Å². The van der Waals surface area contributed by atoms with Crippen LogP contribution in [0.25, 0.3) is 0 Å². The monoisotopic (exact) mass is 292 g/mol.